The van der Waals surface area contributed by atoms with Crippen molar-refractivity contribution in [3.8, 4) is 5.69 Å². The van der Waals surface area contributed by atoms with Gasteiger partial charge in [-0.1, -0.05) is 61.4 Å². The number of benzene rings is 2. The van der Waals surface area contributed by atoms with Crippen LogP contribution in [-0.4, -0.2) is 48.3 Å². The summed E-state index contributed by atoms with van der Waals surface area (Å²) >= 11 is 1.39. The van der Waals surface area contributed by atoms with Crippen molar-refractivity contribution >= 4 is 34.3 Å². The normalized spacial score (nSPS) is 15.6. The predicted octanol–water partition coefficient (Wildman–Crippen LogP) is 4.61. The molecule has 1 fully saturated rings. The molecule has 1 aliphatic carbocycles. The Hall–Kier alpha value is -3.13. The number of carbonyl (C=O) groups is 1. The van der Waals surface area contributed by atoms with Crippen LogP contribution in [0.25, 0.3) is 22.4 Å². The first kappa shape index (κ1) is 22.7. The average Bonchev–Trinajstić information content (AvgIpc) is 3.28. The van der Waals surface area contributed by atoms with Gasteiger partial charge in [-0.25, -0.2) is 4.57 Å². The molecule has 8 heteroatoms. The fraction of sp³-hybridized carbons (Fsp3) is 0.385. The van der Waals surface area contributed by atoms with E-state index in [2.05, 4.69) is 10.2 Å². The van der Waals surface area contributed by atoms with Crippen LogP contribution in [0.4, 0.5) is 0 Å². The molecule has 2 aromatic heterocycles. The lowest BCUT2D eigenvalue weighted by atomic mass is 9.94. The third-order valence-corrected chi connectivity index (χ3v) is 7.88. The van der Waals surface area contributed by atoms with E-state index in [0.717, 1.165) is 29.6 Å². The van der Waals surface area contributed by atoms with Gasteiger partial charge < -0.3 is 4.90 Å². The smallest absolute Gasteiger partial charge is 0.267 e. The molecule has 0 bridgehead atoms. The molecule has 0 N–H and O–H groups in total. The number of nitrogens with zero attached hydrogens (tertiary/aromatic N) is 5. The summed E-state index contributed by atoms with van der Waals surface area (Å²) in [6.07, 6.45) is 5.76. The van der Waals surface area contributed by atoms with Crippen LogP contribution in [0.15, 0.2) is 58.5 Å². The fourth-order valence-corrected chi connectivity index (χ4v) is 5.89. The summed E-state index contributed by atoms with van der Waals surface area (Å²) in [6, 6.07) is 15.6. The van der Waals surface area contributed by atoms with Crippen LogP contribution in [0.3, 0.4) is 0 Å². The van der Waals surface area contributed by atoms with Crippen LogP contribution in [0.1, 0.15) is 44.6 Å². The number of hydrogen-bond acceptors (Lipinski definition) is 5. The number of amides is 1. The lowest BCUT2D eigenvalue weighted by molar-refractivity contribution is -0.131. The fourth-order valence-electron chi connectivity index (χ4n) is 4.93. The monoisotopic (exact) mass is 475 g/mol. The Morgan fingerprint density at radius 1 is 1.06 bits per heavy atom. The molecule has 1 amide bonds. The van der Waals surface area contributed by atoms with E-state index in [-0.39, 0.29) is 16.7 Å². The van der Waals surface area contributed by atoms with E-state index in [9.17, 15) is 9.59 Å². The lowest BCUT2D eigenvalue weighted by Gasteiger charge is -2.32. The summed E-state index contributed by atoms with van der Waals surface area (Å²) in [5.74, 6) is 0.547. The van der Waals surface area contributed by atoms with Crippen molar-refractivity contribution in [1.29, 1.82) is 0 Å². The molecule has 34 heavy (non-hydrogen) atoms. The highest BCUT2D eigenvalue weighted by Gasteiger charge is 2.28. The highest BCUT2D eigenvalue weighted by molar-refractivity contribution is 8.00. The zero-order valence-corrected chi connectivity index (χ0v) is 20.6. The number of thioether (sulfide) groups is 1. The Labute approximate surface area is 202 Å². The molecule has 2 aromatic carbocycles. The number of aryl methyl sites for hydroxylation is 1. The van der Waals surface area contributed by atoms with E-state index in [1.54, 1.807) is 4.57 Å². The van der Waals surface area contributed by atoms with Crippen molar-refractivity contribution in [3.63, 3.8) is 0 Å². The molecular formula is C26H29N5O2S. The molecule has 176 valence electrons. The van der Waals surface area contributed by atoms with Crippen LogP contribution < -0.4 is 5.56 Å². The van der Waals surface area contributed by atoms with Gasteiger partial charge in [0.2, 0.25) is 11.7 Å². The van der Waals surface area contributed by atoms with Crippen LogP contribution in [0.5, 0.6) is 0 Å². The van der Waals surface area contributed by atoms with Gasteiger partial charge in [-0.05, 0) is 50.5 Å². The number of carbonyl (C=O) groups excluding carboxylic acids is 1. The second kappa shape index (κ2) is 9.25. The van der Waals surface area contributed by atoms with Gasteiger partial charge in [-0.15, -0.1) is 10.2 Å². The van der Waals surface area contributed by atoms with Crippen molar-refractivity contribution in [3.05, 3.63) is 64.4 Å². The minimum absolute atomic E-state index is 0.102. The highest BCUT2D eigenvalue weighted by Crippen LogP contribution is 2.29. The number of aromatic nitrogens is 4. The second-order valence-corrected chi connectivity index (χ2v) is 10.4. The molecule has 7 nitrogen and oxygen atoms in total. The topological polar surface area (TPSA) is 72.5 Å². The number of para-hydroxylation sites is 2. The molecule has 0 radical (unpaired) electrons. The van der Waals surface area contributed by atoms with Gasteiger partial charge in [0.1, 0.15) is 0 Å². The van der Waals surface area contributed by atoms with Crippen LogP contribution in [-0.2, 0) is 4.79 Å². The maximum atomic E-state index is 13.5. The van der Waals surface area contributed by atoms with E-state index in [1.165, 1.54) is 31.0 Å². The Balaban J connectivity index is 1.59. The first-order valence-electron chi connectivity index (χ1n) is 11.9. The van der Waals surface area contributed by atoms with Gasteiger partial charge in [-0.2, -0.15) is 0 Å². The SMILES string of the molecule is Cc1ccccc1-n1c(=O)c2ccccc2n2c(SC(C)C(=O)N(C)C3CCCCC3)nnc12. The van der Waals surface area contributed by atoms with Gasteiger partial charge in [0, 0.05) is 13.1 Å². The van der Waals surface area contributed by atoms with Crippen molar-refractivity contribution in [2.45, 2.75) is 62.4 Å². The van der Waals surface area contributed by atoms with Gasteiger partial charge in [0.25, 0.3) is 5.56 Å². The van der Waals surface area contributed by atoms with Gasteiger partial charge >= 0.3 is 0 Å². The summed E-state index contributed by atoms with van der Waals surface area (Å²) in [6.45, 7) is 3.90. The predicted molar refractivity (Wildman–Crippen MR) is 136 cm³/mol. The van der Waals surface area contributed by atoms with Crippen LogP contribution in [0, 0.1) is 6.92 Å². The number of fused-ring (bicyclic) bond motifs is 3. The van der Waals surface area contributed by atoms with Gasteiger partial charge in [0.15, 0.2) is 5.16 Å². The van der Waals surface area contributed by atoms with E-state index >= 15 is 0 Å². The molecule has 0 saturated heterocycles. The Bertz CT molecular complexity index is 1420. The molecule has 4 aromatic rings. The standard InChI is InChI=1S/C26H29N5O2S/c1-17-11-7-9-15-21(17)30-24(33)20-14-8-10-16-22(20)31-25(30)27-28-26(31)34-18(2)23(32)29(3)19-12-5-4-6-13-19/h7-11,14-16,18-19H,4-6,12-13H2,1-3H3. The second-order valence-electron chi connectivity index (χ2n) is 9.06. The minimum atomic E-state index is -0.322. The molecule has 1 unspecified atom stereocenters. The maximum absolute atomic E-state index is 13.5. The van der Waals surface area contributed by atoms with Crippen LogP contribution >= 0.6 is 11.8 Å². The first-order valence-corrected chi connectivity index (χ1v) is 12.7. The van der Waals surface area contributed by atoms with Crippen molar-refractivity contribution in [2.75, 3.05) is 7.05 Å². The lowest BCUT2D eigenvalue weighted by Crippen LogP contribution is -2.42. The molecular weight excluding hydrogens is 446 g/mol. The number of rotatable bonds is 5. The van der Waals surface area contributed by atoms with E-state index in [1.807, 2.05) is 78.7 Å². The largest absolute Gasteiger partial charge is 0.342 e. The summed E-state index contributed by atoms with van der Waals surface area (Å²) in [4.78, 5) is 28.7. The molecule has 0 aliphatic heterocycles. The van der Waals surface area contributed by atoms with Crippen molar-refractivity contribution in [2.24, 2.45) is 0 Å². The third kappa shape index (κ3) is 3.90. The minimum Gasteiger partial charge on any atom is -0.342 e. The summed E-state index contributed by atoms with van der Waals surface area (Å²) in [5.41, 5.74) is 2.34. The molecule has 5 rings (SSSR count). The summed E-state index contributed by atoms with van der Waals surface area (Å²) in [7, 11) is 1.92. The van der Waals surface area contributed by atoms with Gasteiger partial charge in [0.05, 0.1) is 21.8 Å². The maximum Gasteiger partial charge on any atom is 0.267 e. The average molecular weight is 476 g/mol. The molecule has 2 heterocycles. The zero-order valence-electron chi connectivity index (χ0n) is 19.8. The highest BCUT2D eigenvalue weighted by atomic mass is 32.2. The quantitative estimate of drug-likeness (QED) is 0.394. The Kier molecular flexibility index (Phi) is 6.16. The summed E-state index contributed by atoms with van der Waals surface area (Å²) in [5, 5.41) is 9.73. The molecule has 1 atom stereocenters. The van der Waals surface area contributed by atoms with Crippen molar-refractivity contribution in [1.82, 2.24) is 24.1 Å². The first-order chi connectivity index (χ1) is 16.5. The summed E-state index contributed by atoms with van der Waals surface area (Å²) < 4.78 is 3.52. The van der Waals surface area contributed by atoms with E-state index in [4.69, 9.17) is 0 Å². The Morgan fingerprint density at radius 3 is 2.53 bits per heavy atom. The molecule has 1 aliphatic rings. The molecule has 1 saturated carbocycles. The Morgan fingerprint density at radius 2 is 1.76 bits per heavy atom. The zero-order chi connectivity index (χ0) is 23.8. The number of hydrogen-bond donors (Lipinski definition) is 0. The van der Waals surface area contributed by atoms with E-state index < -0.39 is 0 Å². The van der Waals surface area contributed by atoms with Crippen LogP contribution in [0.2, 0.25) is 0 Å². The van der Waals surface area contributed by atoms with E-state index in [0.29, 0.717) is 22.4 Å². The van der Waals surface area contributed by atoms with Gasteiger partial charge in [-0.3, -0.25) is 14.0 Å². The van der Waals surface area contributed by atoms with Crippen molar-refractivity contribution < 1.29 is 4.79 Å². The molecule has 0 spiro atoms. The third-order valence-electron chi connectivity index (χ3n) is 6.85.